The first kappa shape index (κ1) is 25.9. The summed E-state index contributed by atoms with van der Waals surface area (Å²) in [6.45, 7) is 0.199. The van der Waals surface area contributed by atoms with Gasteiger partial charge in [-0.25, -0.2) is 0 Å². The van der Waals surface area contributed by atoms with Gasteiger partial charge in [-0.15, -0.1) is 0 Å². The molecule has 1 aliphatic carbocycles. The molecule has 5 atom stereocenters. The summed E-state index contributed by atoms with van der Waals surface area (Å²) in [4.78, 5) is 43.3. The molecule has 2 bridgehead atoms. The smallest absolute Gasteiger partial charge is 0.246 e. The highest BCUT2D eigenvalue weighted by Crippen LogP contribution is 2.55. The van der Waals surface area contributed by atoms with Gasteiger partial charge in [-0.05, 0) is 54.8 Å². The van der Waals surface area contributed by atoms with E-state index in [1.165, 1.54) is 6.42 Å². The summed E-state index contributed by atoms with van der Waals surface area (Å²) in [7, 11) is 1.59. The van der Waals surface area contributed by atoms with Crippen LogP contribution in [0.1, 0.15) is 37.7 Å². The number of nitrogens with one attached hydrogen (secondary N) is 2. The highest BCUT2D eigenvalue weighted by atomic mass is 35.5. The van der Waals surface area contributed by atoms with E-state index in [1.54, 1.807) is 36.3 Å². The monoisotopic (exact) mass is 549 g/mol. The van der Waals surface area contributed by atoms with Crippen molar-refractivity contribution in [2.45, 2.75) is 62.4 Å². The number of likely N-dealkylation sites (tertiary alicyclic amines) is 1. The SMILES string of the molecule is COc1cccc(CN2C(=O)[C@H]3C(C(=O)Nc4ccc(Cl)cc4)[C@H]4C=CC3(O4)C2C(=O)NC2CCCCC2)c1. The first-order chi connectivity index (χ1) is 18.9. The van der Waals surface area contributed by atoms with Crippen molar-refractivity contribution in [3.63, 3.8) is 0 Å². The number of rotatable bonds is 7. The molecule has 3 heterocycles. The normalized spacial score (nSPS) is 29.4. The van der Waals surface area contributed by atoms with Crippen molar-refractivity contribution >= 4 is 35.0 Å². The summed E-state index contributed by atoms with van der Waals surface area (Å²) in [5.41, 5.74) is 0.201. The minimum absolute atomic E-state index is 0.0713. The van der Waals surface area contributed by atoms with Crippen LogP contribution in [0.15, 0.2) is 60.7 Å². The lowest BCUT2D eigenvalue weighted by Gasteiger charge is -2.34. The van der Waals surface area contributed by atoms with E-state index < -0.39 is 29.6 Å². The van der Waals surface area contributed by atoms with Gasteiger partial charge in [0.25, 0.3) is 0 Å². The average molecular weight is 550 g/mol. The molecule has 3 amide bonds. The number of benzene rings is 2. The van der Waals surface area contributed by atoms with Crippen LogP contribution in [-0.2, 0) is 25.7 Å². The zero-order valence-corrected chi connectivity index (χ0v) is 22.5. The molecule has 9 heteroatoms. The molecule has 8 nitrogen and oxygen atoms in total. The van der Waals surface area contributed by atoms with E-state index in [9.17, 15) is 14.4 Å². The molecule has 39 heavy (non-hydrogen) atoms. The summed E-state index contributed by atoms with van der Waals surface area (Å²) in [6.07, 6.45) is 8.22. The van der Waals surface area contributed by atoms with E-state index in [2.05, 4.69) is 10.6 Å². The van der Waals surface area contributed by atoms with Crippen LogP contribution in [0.4, 0.5) is 5.69 Å². The third-order valence-corrected chi connectivity index (χ3v) is 8.73. The minimum Gasteiger partial charge on any atom is -0.497 e. The van der Waals surface area contributed by atoms with Crippen molar-refractivity contribution in [1.29, 1.82) is 0 Å². The Morgan fingerprint density at radius 3 is 2.62 bits per heavy atom. The van der Waals surface area contributed by atoms with E-state index in [0.29, 0.717) is 16.5 Å². The molecule has 2 aromatic carbocycles. The van der Waals surface area contributed by atoms with Crippen LogP contribution >= 0.6 is 11.6 Å². The van der Waals surface area contributed by atoms with Crippen LogP contribution in [0, 0.1) is 11.8 Å². The maximum Gasteiger partial charge on any atom is 0.246 e. The van der Waals surface area contributed by atoms with Crippen LogP contribution in [0.25, 0.3) is 0 Å². The number of anilines is 1. The molecule has 4 aliphatic rings. The topological polar surface area (TPSA) is 97.0 Å². The predicted molar refractivity (Wildman–Crippen MR) is 146 cm³/mol. The molecule has 0 radical (unpaired) electrons. The molecule has 6 rings (SSSR count). The van der Waals surface area contributed by atoms with E-state index >= 15 is 0 Å². The van der Waals surface area contributed by atoms with Gasteiger partial charge in [-0.1, -0.05) is 55.1 Å². The molecule has 3 fully saturated rings. The number of hydrogen-bond acceptors (Lipinski definition) is 5. The highest BCUT2D eigenvalue weighted by Gasteiger charge is 2.72. The number of ether oxygens (including phenoxy) is 2. The zero-order chi connectivity index (χ0) is 27.1. The molecule has 1 saturated carbocycles. The molecular weight excluding hydrogens is 518 g/mol. The molecule has 3 aliphatic heterocycles. The van der Waals surface area contributed by atoms with Gasteiger partial charge in [-0.2, -0.15) is 0 Å². The van der Waals surface area contributed by atoms with Crippen LogP contribution in [0.5, 0.6) is 5.75 Å². The number of nitrogens with zero attached hydrogens (tertiary/aromatic N) is 1. The summed E-state index contributed by atoms with van der Waals surface area (Å²) in [5, 5.41) is 6.69. The Kier molecular flexibility index (Phi) is 6.85. The Labute approximate surface area is 232 Å². The first-order valence-corrected chi connectivity index (χ1v) is 13.9. The van der Waals surface area contributed by atoms with Gasteiger partial charge in [0.1, 0.15) is 17.4 Å². The number of halogens is 1. The third kappa shape index (κ3) is 4.59. The Hall–Kier alpha value is -3.36. The second-order valence-electron chi connectivity index (χ2n) is 10.9. The fourth-order valence-electron chi connectivity index (χ4n) is 6.69. The lowest BCUT2D eigenvalue weighted by molar-refractivity contribution is -0.142. The van der Waals surface area contributed by atoms with Gasteiger partial charge >= 0.3 is 0 Å². The van der Waals surface area contributed by atoms with Crippen LogP contribution < -0.4 is 15.4 Å². The van der Waals surface area contributed by atoms with Crippen LogP contribution in [-0.4, -0.2) is 53.5 Å². The van der Waals surface area contributed by atoms with Crippen molar-refractivity contribution < 1.29 is 23.9 Å². The van der Waals surface area contributed by atoms with E-state index in [4.69, 9.17) is 21.1 Å². The Morgan fingerprint density at radius 2 is 1.87 bits per heavy atom. The fraction of sp³-hybridized carbons (Fsp3) is 0.433. The van der Waals surface area contributed by atoms with Gasteiger partial charge in [-0.3, -0.25) is 14.4 Å². The molecule has 2 saturated heterocycles. The summed E-state index contributed by atoms with van der Waals surface area (Å²) in [5.74, 6) is -1.72. The summed E-state index contributed by atoms with van der Waals surface area (Å²) >= 11 is 6.00. The van der Waals surface area contributed by atoms with E-state index in [-0.39, 0.29) is 30.3 Å². The van der Waals surface area contributed by atoms with E-state index in [0.717, 1.165) is 31.2 Å². The molecular formula is C30H32ClN3O5. The van der Waals surface area contributed by atoms with Gasteiger partial charge in [0.15, 0.2) is 0 Å². The second kappa shape index (κ2) is 10.3. The van der Waals surface area contributed by atoms with Crippen molar-refractivity contribution in [1.82, 2.24) is 10.2 Å². The van der Waals surface area contributed by atoms with Gasteiger partial charge in [0.05, 0.1) is 25.0 Å². The number of fused-ring (bicyclic) bond motifs is 1. The summed E-state index contributed by atoms with van der Waals surface area (Å²) in [6, 6.07) is 13.4. The number of methoxy groups -OCH3 is 1. The second-order valence-corrected chi connectivity index (χ2v) is 11.3. The summed E-state index contributed by atoms with van der Waals surface area (Å²) < 4.78 is 11.8. The van der Waals surface area contributed by atoms with Gasteiger partial charge in [0.2, 0.25) is 17.7 Å². The predicted octanol–water partition coefficient (Wildman–Crippen LogP) is 4.09. The van der Waals surface area contributed by atoms with Crippen molar-refractivity contribution in [2.75, 3.05) is 12.4 Å². The maximum absolute atomic E-state index is 14.2. The van der Waals surface area contributed by atoms with Crippen molar-refractivity contribution in [3.05, 3.63) is 71.3 Å². The number of carbonyl (C=O) groups excluding carboxylic acids is 3. The lowest BCUT2D eigenvalue weighted by atomic mass is 9.74. The molecule has 2 aromatic rings. The average Bonchev–Trinajstić information content (AvgIpc) is 3.58. The first-order valence-electron chi connectivity index (χ1n) is 13.6. The highest BCUT2D eigenvalue weighted by molar-refractivity contribution is 6.30. The third-order valence-electron chi connectivity index (χ3n) is 8.48. The Balaban J connectivity index is 1.32. The Morgan fingerprint density at radius 1 is 1.10 bits per heavy atom. The van der Waals surface area contributed by atoms with Gasteiger partial charge < -0.3 is 25.0 Å². The van der Waals surface area contributed by atoms with Crippen LogP contribution in [0.2, 0.25) is 5.02 Å². The lowest BCUT2D eigenvalue weighted by Crippen LogP contribution is -2.56. The maximum atomic E-state index is 14.2. The number of carbonyl (C=O) groups is 3. The fourth-order valence-corrected chi connectivity index (χ4v) is 6.82. The molecule has 204 valence electrons. The standard InChI is InChI=1S/C30H32ClN3O5/c1-38-22-9-5-6-18(16-22)17-34-26(28(36)33-20-7-3-2-4-8-20)30-15-14-23(39-30)24(25(30)29(34)37)27(35)32-21-12-10-19(31)11-13-21/h5-6,9-16,20,23-26H,2-4,7-8,17H2,1H3,(H,32,35)(H,33,36)/t23-,24?,25-,26?,30?/m1/s1. The Bertz CT molecular complexity index is 1310. The zero-order valence-electron chi connectivity index (χ0n) is 21.8. The molecule has 1 spiro atoms. The number of amides is 3. The molecule has 3 unspecified atom stereocenters. The number of hydrogen-bond donors (Lipinski definition) is 2. The largest absolute Gasteiger partial charge is 0.497 e. The molecule has 0 aromatic heterocycles. The van der Waals surface area contributed by atoms with Gasteiger partial charge in [0, 0.05) is 23.3 Å². The van der Waals surface area contributed by atoms with E-state index in [1.807, 2.05) is 36.4 Å². The molecule has 2 N–H and O–H groups in total. The van der Waals surface area contributed by atoms with Crippen molar-refractivity contribution in [2.24, 2.45) is 11.8 Å². The van der Waals surface area contributed by atoms with Crippen molar-refractivity contribution in [3.8, 4) is 5.75 Å². The quantitative estimate of drug-likeness (QED) is 0.507. The van der Waals surface area contributed by atoms with Crippen LogP contribution in [0.3, 0.4) is 0 Å². The minimum atomic E-state index is -1.21.